The van der Waals surface area contributed by atoms with Crippen LogP contribution in [0.2, 0.25) is 0 Å². The Hall–Kier alpha value is -2.69. The van der Waals surface area contributed by atoms with E-state index in [9.17, 15) is 4.79 Å². The molecule has 2 aromatic rings. The molecule has 0 aliphatic carbocycles. The van der Waals surface area contributed by atoms with Crippen LogP contribution in [0.25, 0.3) is 0 Å². The van der Waals surface area contributed by atoms with Gasteiger partial charge in [0, 0.05) is 6.54 Å². The Morgan fingerprint density at radius 2 is 1.81 bits per heavy atom. The molecule has 0 aromatic heterocycles. The maximum atomic E-state index is 11.9. The zero-order valence-electron chi connectivity index (χ0n) is 15.5. The molecule has 0 atom stereocenters. The van der Waals surface area contributed by atoms with E-state index < -0.39 is 0 Å². The molecule has 1 aliphatic rings. The first-order chi connectivity index (χ1) is 12.4. The maximum Gasteiger partial charge on any atom is 0.257 e. The van der Waals surface area contributed by atoms with Gasteiger partial charge in [0.25, 0.3) is 5.91 Å². The average Bonchev–Trinajstić information content (AvgIpc) is 3.07. The zero-order valence-corrected chi connectivity index (χ0v) is 15.5. The molecule has 0 radical (unpaired) electrons. The third-order valence-electron chi connectivity index (χ3n) is 4.26. The van der Waals surface area contributed by atoms with Gasteiger partial charge in [0.1, 0.15) is 5.75 Å². The number of nitrogens with one attached hydrogen (secondary N) is 1. The Morgan fingerprint density at radius 1 is 1.08 bits per heavy atom. The van der Waals surface area contributed by atoms with Gasteiger partial charge in [-0.05, 0) is 47.2 Å². The van der Waals surface area contributed by atoms with Gasteiger partial charge < -0.3 is 19.5 Å². The molecule has 138 valence electrons. The predicted molar refractivity (Wildman–Crippen MR) is 99.9 cm³/mol. The summed E-state index contributed by atoms with van der Waals surface area (Å²) < 4.78 is 16.2. The highest BCUT2D eigenvalue weighted by molar-refractivity contribution is 5.77. The largest absolute Gasteiger partial charge is 0.484 e. The fourth-order valence-corrected chi connectivity index (χ4v) is 2.69. The van der Waals surface area contributed by atoms with Gasteiger partial charge in [0.2, 0.25) is 6.79 Å². The molecule has 0 saturated heterocycles. The minimum absolute atomic E-state index is 0.00992. The highest BCUT2D eigenvalue weighted by atomic mass is 16.7. The van der Waals surface area contributed by atoms with Crippen LogP contribution in [0.4, 0.5) is 0 Å². The van der Waals surface area contributed by atoms with Crippen LogP contribution >= 0.6 is 0 Å². The second-order valence-electron chi connectivity index (χ2n) is 7.35. The van der Waals surface area contributed by atoms with Crippen LogP contribution in [0, 0.1) is 0 Å². The lowest BCUT2D eigenvalue weighted by molar-refractivity contribution is -0.123. The Bertz CT molecular complexity index is 763. The summed E-state index contributed by atoms with van der Waals surface area (Å²) in [5.41, 5.74) is 2.43. The molecule has 1 aliphatic heterocycles. The molecule has 0 spiro atoms. The minimum atomic E-state index is -0.134. The third-order valence-corrected chi connectivity index (χ3v) is 4.26. The number of hydrogen-bond acceptors (Lipinski definition) is 4. The van der Waals surface area contributed by atoms with Gasteiger partial charge in [0.15, 0.2) is 18.1 Å². The summed E-state index contributed by atoms with van der Waals surface area (Å²) in [5, 5.41) is 2.87. The molecule has 5 nitrogen and oxygen atoms in total. The SMILES string of the molecule is CC(C)(C)c1ccc(OCC(=O)NCCc2ccc3c(c2)OCO3)cc1. The normalized spacial score (nSPS) is 12.7. The van der Waals surface area contributed by atoms with E-state index in [0.717, 1.165) is 23.5 Å². The van der Waals surface area contributed by atoms with Gasteiger partial charge >= 0.3 is 0 Å². The van der Waals surface area contributed by atoms with Gasteiger partial charge in [-0.2, -0.15) is 0 Å². The van der Waals surface area contributed by atoms with Gasteiger partial charge in [-0.25, -0.2) is 0 Å². The van der Waals surface area contributed by atoms with Crippen LogP contribution in [-0.4, -0.2) is 25.9 Å². The van der Waals surface area contributed by atoms with E-state index in [1.807, 2.05) is 42.5 Å². The third kappa shape index (κ3) is 4.69. The van der Waals surface area contributed by atoms with E-state index in [4.69, 9.17) is 14.2 Å². The predicted octanol–water partition coefficient (Wildman–Crippen LogP) is 3.45. The van der Waals surface area contributed by atoms with Crippen molar-refractivity contribution < 1.29 is 19.0 Å². The maximum absolute atomic E-state index is 11.9. The average molecular weight is 355 g/mol. The highest BCUT2D eigenvalue weighted by Crippen LogP contribution is 2.32. The standard InChI is InChI=1S/C21H25NO4/c1-21(2,3)16-5-7-17(8-6-16)24-13-20(23)22-11-10-15-4-9-18-19(12-15)26-14-25-18/h4-9,12H,10-11,13-14H2,1-3H3,(H,22,23). The number of hydrogen-bond donors (Lipinski definition) is 1. The van der Waals surface area contributed by atoms with Gasteiger partial charge in [0.05, 0.1) is 0 Å². The molecule has 0 fully saturated rings. The van der Waals surface area contributed by atoms with E-state index in [1.165, 1.54) is 5.56 Å². The summed E-state index contributed by atoms with van der Waals surface area (Å²) in [4.78, 5) is 11.9. The van der Waals surface area contributed by atoms with Gasteiger partial charge in [-0.1, -0.05) is 39.0 Å². The fraction of sp³-hybridized carbons (Fsp3) is 0.381. The van der Waals surface area contributed by atoms with E-state index in [0.29, 0.717) is 12.3 Å². The lowest BCUT2D eigenvalue weighted by Crippen LogP contribution is -2.30. The molecule has 3 rings (SSSR count). The molecular formula is C21H25NO4. The summed E-state index contributed by atoms with van der Waals surface area (Å²) >= 11 is 0. The second-order valence-corrected chi connectivity index (χ2v) is 7.35. The molecule has 1 amide bonds. The van der Waals surface area contributed by atoms with E-state index in [2.05, 4.69) is 26.1 Å². The van der Waals surface area contributed by atoms with Crippen LogP contribution in [0.3, 0.4) is 0 Å². The van der Waals surface area contributed by atoms with E-state index >= 15 is 0 Å². The van der Waals surface area contributed by atoms with Gasteiger partial charge in [-0.3, -0.25) is 4.79 Å². The van der Waals surface area contributed by atoms with Crippen molar-refractivity contribution in [2.45, 2.75) is 32.6 Å². The fourth-order valence-electron chi connectivity index (χ4n) is 2.69. The Labute approximate surface area is 154 Å². The number of carbonyl (C=O) groups is 1. The monoisotopic (exact) mass is 355 g/mol. The van der Waals surface area contributed by atoms with Crippen molar-refractivity contribution in [2.24, 2.45) is 0 Å². The lowest BCUT2D eigenvalue weighted by atomic mass is 9.87. The Morgan fingerprint density at radius 3 is 2.54 bits per heavy atom. The van der Waals surface area contributed by atoms with Crippen molar-refractivity contribution in [1.29, 1.82) is 0 Å². The summed E-state index contributed by atoms with van der Waals surface area (Å²) in [6.45, 7) is 7.31. The number of fused-ring (bicyclic) bond motifs is 1. The molecular weight excluding hydrogens is 330 g/mol. The lowest BCUT2D eigenvalue weighted by Gasteiger charge is -2.19. The van der Waals surface area contributed by atoms with Crippen LogP contribution < -0.4 is 19.5 Å². The highest BCUT2D eigenvalue weighted by Gasteiger charge is 2.14. The molecule has 1 N–H and O–H groups in total. The van der Waals surface area contributed by atoms with Gasteiger partial charge in [-0.15, -0.1) is 0 Å². The Kier molecular flexibility index (Phi) is 5.35. The van der Waals surface area contributed by atoms with Crippen molar-refractivity contribution in [3.63, 3.8) is 0 Å². The summed E-state index contributed by atoms with van der Waals surface area (Å²) in [6, 6.07) is 13.7. The number of carbonyl (C=O) groups excluding carboxylic acids is 1. The number of amides is 1. The molecule has 0 bridgehead atoms. The Balaban J connectivity index is 1.40. The quantitative estimate of drug-likeness (QED) is 0.862. The summed E-state index contributed by atoms with van der Waals surface area (Å²) in [6.07, 6.45) is 0.725. The van der Waals surface area contributed by atoms with E-state index in [1.54, 1.807) is 0 Å². The summed E-state index contributed by atoms with van der Waals surface area (Å²) in [7, 11) is 0. The van der Waals surface area contributed by atoms with Crippen LogP contribution in [0.15, 0.2) is 42.5 Å². The topological polar surface area (TPSA) is 56.8 Å². The van der Waals surface area contributed by atoms with Crippen LogP contribution in [0.5, 0.6) is 17.2 Å². The number of ether oxygens (including phenoxy) is 3. The van der Waals surface area contributed by atoms with Crippen molar-refractivity contribution in [1.82, 2.24) is 5.32 Å². The van der Waals surface area contributed by atoms with Crippen molar-refractivity contribution >= 4 is 5.91 Å². The molecule has 0 saturated carbocycles. The minimum Gasteiger partial charge on any atom is -0.484 e. The molecule has 1 heterocycles. The number of benzene rings is 2. The first kappa shape index (κ1) is 18.1. The van der Waals surface area contributed by atoms with Crippen molar-refractivity contribution in [3.05, 3.63) is 53.6 Å². The summed E-state index contributed by atoms with van der Waals surface area (Å²) in [5.74, 6) is 2.09. The van der Waals surface area contributed by atoms with Crippen molar-refractivity contribution in [3.8, 4) is 17.2 Å². The van der Waals surface area contributed by atoms with Crippen LogP contribution in [-0.2, 0) is 16.6 Å². The number of rotatable bonds is 6. The van der Waals surface area contributed by atoms with Crippen LogP contribution in [0.1, 0.15) is 31.9 Å². The zero-order chi connectivity index (χ0) is 18.6. The molecule has 26 heavy (non-hydrogen) atoms. The van der Waals surface area contributed by atoms with E-state index in [-0.39, 0.29) is 24.7 Å². The second kappa shape index (κ2) is 7.68. The molecule has 5 heteroatoms. The molecule has 0 unspecified atom stereocenters. The first-order valence-corrected chi connectivity index (χ1v) is 8.80. The first-order valence-electron chi connectivity index (χ1n) is 8.80. The van der Waals surface area contributed by atoms with Crippen molar-refractivity contribution in [2.75, 3.05) is 19.9 Å². The smallest absolute Gasteiger partial charge is 0.257 e. The molecule has 2 aromatic carbocycles.